The van der Waals surface area contributed by atoms with Crippen molar-refractivity contribution in [3.63, 3.8) is 0 Å². The maximum atomic E-state index is 13.2. The molecule has 2 aromatic heterocycles. The van der Waals surface area contributed by atoms with Gasteiger partial charge in [0.05, 0.1) is 29.3 Å². The minimum atomic E-state index is -3.20. The van der Waals surface area contributed by atoms with Crippen molar-refractivity contribution in [2.75, 3.05) is 7.11 Å². The Morgan fingerprint density at radius 2 is 1.85 bits per heavy atom. The first-order valence-electron chi connectivity index (χ1n) is 10.7. The molecule has 8 heteroatoms. The van der Waals surface area contributed by atoms with Gasteiger partial charge in [0.25, 0.3) is 0 Å². The largest absolute Gasteiger partial charge is 0.497 e. The Morgan fingerprint density at radius 1 is 1.03 bits per heavy atom. The van der Waals surface area contributed by atoms with E-state index in [9.17, 15) is 4.21 Å². The Labute approximate surface area is 192 Å². The summed E-state index contributed by atoms with van der Waals surface area (Å²) >= 11 is 0. The van der Waals surface area contributed by atoms with E-state index in [2.05, 4.69) is 14.7 Å². The van der Waals surface area contributed by atoms with Crippen molar-refractivity contribution in [2.24, 2.45) is 0 Å². The summed E-state index contributed by atoms with van der Waals surface area (Å²) in [7, 11) is -1.59. The fourth-order valence-electron chi connectivity index (χ4n) is 4.14. The van der Waals surface area contributed by atoms with Gasteiger partial charge in [-0.15, -0.1) is 0 Å². The Morgan fingerprint density at radius 3 is 2.67 bits per heavy atom. The lowest BCUT2D eigenvalue weighted by Gasteiger charge is -2.26. The molecule has 1 aliphatic carbocycles. The van der Waals surface area contributed by atoms with Gasteiger partial charge in [-0.3, -0.25) is 9.97 Å². The molecule has 0 saturated carbocycles. The predicted octanol–water partition coefficient (Wildman–Crippen LogP) is 5.42. The summed E-state index contributed by atoms with van der Waals surface area (Å²) in [6, 6.07) is 18.0. The van der Waals surface area contributed by atoms with Crippen molar-refractivity contribution in [3.05, 3.63) is 84.3 Å². The van der Waals surface area contributed by atoms with E-state index in [1.807, 2.05) is 30.3 Å². The topological polar surface area (TPSA) is 97.2 Å². The van der Waals surface area contributed by atoms with Crippen LogP contribution in [0.1, 0.15) is 30.1 Å². The number of pyridine rings is 2. The highest BCUT2D eigenvalue weighted by Crippen LogP contribution is 2.32. The Balaban J connectivity index is 1.35. The van der Waals surface area contributed by atoms with Crippen molar-refractivity contribution >= 4 is 20.8 Å². The Hall–Kier alpha value is -3.49. The first kappa shape index (κ1) is 21.4. The zero-order chi connectivity index (χ0) is 22.8. The predicted molar refractivity (Wildman–Crippen MR) is 127 cm³/mol. The SMILES string of the molecule is COc1ccc2c(Oc3ccc(S(=N)(=O)NC4CCCc5cccnc54)cc3)ccnc2c1. The van der Waals surface area contributed by atoms with Gasteiger partial charge in [-0.05, 0) is 73.4 Å². The van der Waals surface area contributed by atoms with Crippen LogP contribution in [0, 0.1) is 4.78 Å². The number of ether oxygens (including phenoxy) is 2. The molecule has 0 spiro atoms. The van der Waals surface area contributed by atoms with E-state index < -0.39 is 9.92 Å². The van der Waals surface area contributed by atoms with Gasteiger partial charge in [0.2, 0.25) is 0 Å². The van der Waals surface area contributed by atoms with Crippen LogP contribution >= 0.6 is 0 Å². The zero-order valence-corrected chi connectivity index (χ0v) is 19.0. The fraction of sp³-hybridized carbons (Fsp3) is 0.200. The average Bonchev–Trinajstić information content (AvgIpc) is 2.84. The number of aromatic nitrogens is 2. The fourth-order valence-corrected chi connectivity index (χ4v) is 5.42. The molecule has 7 nitrogen and oxygen atoms in total. The van der Waals surface area contributed by atoms with E-state index in [1.54, 1.807) is 49.8 Å². The highest BCUT2D eigenvalue weighted by atomic mass is 32.2. The maximum absolute atomic E-state index is 13.2. The Kier molecular flexibility index (Phi) is 5.70. The van der Waals surface area contributed by atoms with E-state index in [4.69, 9.17) is 14.3 Å². The highest BCUT2D eigenvalue weighted by Gasteiger charge is 2.25. The van der Waals surface area contributed by atoms with Crippen LogP contribution in [0.3, 0.4) is 0 Å². The van der Waals surface area contributed by atoms with Gasteiger partial charge in [-0.25, -0.2) is 13.7 Å². The quantitative estimate of drug-likeness (QED) is 0.400. The Bertz CT molecular complexity index is 1410. The van der Waals surface area contributed by atoms with Crippen molar-refractivity contribution < 1.29 is 13.7 Å². The summed E-state index contributed by atoms with van der Waals surface area (Å²) in [4.78, 5) is 9.25. The molecule has 168 valence electrons. The molecule has 5 rings (SSSR count). The molecule has 2 heterocycles. The molecular weight excluding hydrogens is 436 g/mol. The van der Waals surface area contributed by atoms with Crippen LogP contribution in [0.4, 0.5) is 0 Å². The summed E-state index contributed by atoms with van der Waals surface area (Å²) in [6.07, 6.45) is 6.17. The standard InChI is InChI=1S/C25H24N4O3S/c1-31-19-9-12-21-23(16-19)27-15-13-24(21)32-18-7-10-20(11-8-18)33(26,30)29-22-6-2-4-17-5-3-14-28-25(17)22/h3,5,7-16,22H,2,4,6H2,1H3,(H2,26,29,30). The van der Waals surface area contributed by atoms with Crippen LogP contribution in [0.15, 0.2) is 78.0 Å². The molecular formula is C25H24N4O3S. The van der Waals surface area contributed by atoms with Gasteiger partial charge >= 0.3 is 0 Å². The minimum Gasteiger partial charge on any atom is -0.497 e. The van der Waals surface area contributed by atoms with Crippen LogP contribution in [0.25, 0.3) is 10.9 Å². The number of nitrogens with one attached hydrogen (secondary N) is 2. The number of rotatable bonds is 6. The van der Waals surface area contributed by atoms with Crippen LogP contribution in [-0.4, -0.2) is 21.3 Å². The number of benzene rings is 2. The van der Waals surface area contributed by atoms with Crippen molar-refractivity contribution in [1.29, 1.82) is 4.78 Å². The molecule has 1 aliphatic rings. The summed E-state index contributed by atoms with van der Waals surface area (Å²) in [5, 5.41) is 0.858. The number of hydrogen-bond acceptors (Lipinski definition) is 6. The first-order chi connectivity index (χ1) is 16.0. The van der Waals surface area contributed by atoms with E-state index in [-0.39, 0.29) is 6.04 Å². The first-order valence-corrected chi connectivity index (χ1v) is 12.3. The number of nitrogens with zero attached hydrogens (tertiary/aromatic N) is 2. The summed E-state index contributed by atoms with van der Waals surface area (Å²) in [5.74, 6) is 1.97. The summed E-state index contributed by atoms with van der Waals surface area (Å²) in [6.45, 7) is 0. The molecule has 2 atom stereocenters. The molecule has 0 bridgehead atoms. The molecule has 4 aromatic rings. The number of fused-ring (bicyclic) bond motifs is 2. The van der Waals surface area contributed by atoms with Crippen molar-refractivity contribution in [3.8, 4) is 17.2 Å². The van der Waals surface area contributed by atoms with Crippen molar-refractivity contribution in [2.45, 2.75) is 30.2 Å². The van der Waals surface area contributed by atoms with Gasteiger partial charge in [0, 0.05) is 23.8 Å². The number of aryl methyl sites for hydroxylation is 1. The normalized spacial score (nSPS) is 17.2. The summed E-state index contributed by atoms with van der Waals surface area (Å²) < 4.78 is 36.1. The molecule has 33 heavy (non-hydrogen) atoms. The highest BCUT2D eigenvalue weighted by molar-refractivity contribution is 7.90. The van der Waals surface area contributed by atoms with E-state index in [1.165, 1.54) is 0 Å². The lowest BCUT2D eigenvalue weighted by atomic mass is 9.93. The van der Waals surface area contributed by atoms with E-state index in [0.717, 1.165) is 47.2 Å². The third kappa shape index (κ3) is 4.40. The maximum Gasteiger partial charge on any atom is 0.138 e. The van der Waals surface area contributed by atoms with Gasteiger partial charge in [0.15, 0.2) is 0 Å². The van der Waals surface area contributed by atoms with E-state index in [0.29, 0.717) is 16.4 Å². The molecule has 2 aromatic carbocycles. The lowest BCUT2D eigenvalue weighted by Crippen LogP contribution is -2.31. The number of methoxy groups -OCH3 is 1. The van der Waals surface area contributed by atoms with Gasteiger partial charge in [0.1, 0.15) is 27.2 Å². The van der Waals surface area contributed by atoms with Gasteiger partial charge in [-0.1, -0.05) is 6.07 Å². The van der Waals surface area contributed by atoms with Crippen molar-refractivity contribution in [1.82, 2.24) is 14.7 Å². The second-order valence-corrected chi connectivity index (χ2v) is 9.75. The molecule has 0 radical (unpaired) electrons. The third-order valence-electron chi connectivity index (χ3n) is 5.80. The smallest absolute Gasteiger partial charge is 0.138 e. The lowest BCUT2D eigenvalue weighted by molar-refractivity contribution is 0.415. The molecule has 2 unspecified atom stereocenters. The molecule has 0 aliphatic heterocycles. The monoisotopic (exact) mass is 460 g/mol. The molecule has 0 amide bonds. The van der Waals surface area contributed by atoms with Crippen LogP contribution < -0.4 is 14.2 Å². The second-order valence-electron chi connectivity index (χ2n) is 7.93. The third-order valence-corrected chi connectivity index (χ3v) is 7.35. The molecule has 0 fully saturated rings. The minimum absolute atomic E-state index is 0.198. The van der Waals surface area contributed by atoms with Gasteiger partial charge in [-0.2, -0.15) is 0 Å². The van der Waals surface area contributed by atoms with Crippen LogP contribution in [0.2, 0.25) is 0 Å². The van der Waals surface area contributed by atoms with Crippen LogP contribution in [-0.2, 0) is 16.3 Å². The molecule has 2 N–H and O–H groups in total. The van der Waals surface area contributed by atoms with E-state index >= 15 is 0 Å². The van der Waals surface area contributed by atoms with Gasteiger partial charge < -0.3 is 9.47 Å². The van der Waals surface area contributed by atoms with Crippen LogP contribution in [0.5, 0.6) is 17.2 Å². The summed E-state index contributed by atoms with van der Waals surface area (Å²) in [5.41, 5.74) is 2.82. The second kappa shape index (κ2) is 8.80. The average molecular weight is 461 g/mol. The number of hydrogen-bond donors (Lipinski definition) is 2. The zero-order valence-electron chi connectivity index (χ0n) is 18.2. The molecule has 0 saturated heterocycles.